The van der Waals surface area contributed by atoms with Crippen LogP contribution in [0.25, 0.3) is 10.9 Å². The Morgan fingerprint density at radius 2 is 2.17 bits per heavy atom. The molecule has 0 atom stereocenters. The fraction of sp³-hybridized carbons (Fsp3) is 0.429. The Bertz CT molecular complexity index is 522. The van der Waals surface area contributed by atoms with Crippen LogP contribution in [0.15, 0.2) is 18.3 Å². The Morgan fingerprint density at radius 3 is 2.89 bits per heavy atom. The molecule has 4 heteroatoms. The van der Waals surface area contributed by atoms with Gasteiger partial charge in [-0.05, 0) is 43.6 Å². The molecule has 0 saturated heterocycles. The Balaban J connectivity index is 2.22. The molecular formula is C14H19ClN2O. The monoisotopic (exact) mass is 266 g/mol. The molecule has 18 heavy (non-hydrogen) atoms. The lowest BCUT2D eigenvalue weighted by Crippen LogP contribution is -2.17. The maximum absolute atomic E-state index is 6.36. The van der Waals surface area contributed by atoms with E-state index in [4.69, 9.17) is 16.3 Å². The van der Waals surface area contributed by atoms with Crippen molar-refractivity contribution in [3.8, 4) is 5.75 Å². The van der Waals surface area contributed by atoms with E-state index in [1.165, 1.54) is 5.56 Å². The molecule has 0 saturated carbocycles. The Kier molecular flexibility index (Phi) is 4.50. The molecule has 2 N–H and O–H groups in total. The molecule has 0 aliphatic heterocycles. The number of aromatic nitrogens is 1. The molecule has 0 fully saturated rings. The topological polar surface area (TPSA) is 37.0 Å². The Hall–Kier alpha value is -1.19. The first-order valence-electron chi connectivity index (χ1n) is 6.31. The lowest BCUT2D eigenvalue weighted by Gasteiger charge is -2.06. The van der Waals surface area contributed by atoms with Crippen LogP contribution in [0.2, 0.25) is 5.02 Å². The smallest absolute Gasteiger partial charge is 0.138 e. The Labute approximate surface area is 112 Å². The lowest BCUT2D eigenvalue weighted by atomic mass is 10.1. The highest BCUT2D eigenvalue weighted by molar-refractivity contribution is 6.37. The standard InChI is InChI=1S/C14H19ClN2O/c1-3-7-16-8-6-10-9-17-11-4-5-12(18-2)14(15)13(10)11/h4-5,9,16-17H,3,6-8H2,1-2H3. The third kappa shape index (κ3) is 2.62. The summed E-state index contributed by atoms with van der Waals surface area (Å²) < 4.78 is 5.26. The molecule has 0 bridgehead atoms. The maximum atomic E-state index is 6.36. The van der Waals surface area contributed by atoms with Crippen LogP contribution >= 0.6 is 11.6 Å². The minimum absolute atomic E-state index is 0.696. The number of ether oxygens (including phenoxy) is 1. The van der Waals surface area contributed by atoms with Crippen LogP contribution in [0.4, 0.5) is 0 Å². The van der Waals surface area contributed by atoms with Crippen molar-refractivity contribution < 1.29 is 4.74 Å². The van der Waals surface area contributed by atoms with Crippen molar-refractivity contribution >= 4 is 22.5 Å². The zero-order valence-corrected chi connectivity index (χ0v) is 11.6. The van der Waals surface area contributed by atoms with E-state index in [9.17, 15) is 0 Å². The van der Waals surface area contributed by atoms with Gasteiger partial charge in [0, 0.05) is 17.1 Å². The third-order valence-electron chi connectivity index (χ3n) is 3.05. The minimum Gasteiger partial charge on any atom is -0.495 e. The number of benzene rings is 1. The molecule has 0 aliphatic carbocycles. The predicted molar refractivity (Wildman–Crippen MR) is 76.7 cm³/mol. The fourth-order valence-electron chi connectivity index (χ4n) is 2.11. The van der Waals surface area contributed by atoms with Gasteiger partial charge in [-0.3, -0.25) is 0 Å². The molecule has 1 aromatic carbocycles. The highest BCUT2D eigenvalue weighted by atomic mass is 35.5. The van der Waals surface area contributed by atoms with Crippen molar-refractivity contribution in [2.45, 2.75) is 19.8 Å². The first-order chi connectivity index (χ1) is 8.77. The van der Waals surface area contributed by atoms with E-state index >= 15 is 0 Å². The lowest BCUT2D eigenvalue weighted by molar-refractivity contribution is 0.415. The van der Waals surface area contributed by atoms with Crippen molar-refractivity contribution in [2.24, 2.45) is 0 Å². The molecule has 0 amide bonds. The van der Waals surface area contributed by atoms with Gasteiger partial charge in [-0.2, -0.15) is 0 Å². The summed E-state index contributed by atoms with van der Waals surface area (Å²) in [5.74, 6) is 0.728. The summed E-state index contributed by atoms with van der Waals surface area (Å²) in [6.07, 6.45) is 4.15. The number of hydrogen-bond acceptors (Lipinski definition) is 2. The normalized spacial score (nSPS) is 11.1. The van der Waals surface area contributed by atoms with Crippen LogP contribution in [0.3, 0.4) is 0 Å². The molecule has 0 radical (unpaired) electrons. The molecule has 1 heterocycles. The summed E-state index contributed by atoms with van der Waals surface area (Å²) in [5.41, 5.74) is 2.30. The molecular weight excluding hydrogens is 248 g/mol. The predicted octanol–water partition coefficient (Wildman–Crippen LogP) is 3.37. The minimum atomic E-state index is 0.696. The number of hydrogen-bond donors (Lipinski definition) is 2. The highest BCUT2D eigenvalue weighted by Gasteiger charge is 2.11. The number of halogens is 1. The average molecular weight is 267 g/mol. The molecule has 2 aromatic rings. The van der Waals surface area contributed by atoms with Gasteiger partial charge in [0.1, 0.15) is 5.75 Å². The van der Waals surface area contributed by atoms with Crippen LogP contribution in [-0.2, 0) is 6.42 Å². The summed E-state index contributed by atoms with van der Waals surface area (Å²) in [6.45, 7) is 4.19. The summed E-state index contributed by atoms with van der Waals surface area (Å²) in [4.78, 5) is 3.25. The van der Waals surface area contributed by atoms with Crippen LogP contribution in [0, 0.1) is 0 Å². The molecule has 2 rings (SSSR count). The van der Waals surface area contributed by atoms with Crippen molar-refractivity contribution in [3.63, 3.8) is 0 Å². The largest absolute Gasteiger partial charge is 0.495 e. The third-order valence-corrected chi connectivity index (χ3v) is 3.42. The zero-order valence-electron chi connectivity index (χ0n) is 10.8. The van der Waals surface area contributed by atoms with Crippen molar-refractivity contribution in [2.75, 3.05) is 20.2 Å². The van der Waals surface area contributed by atoms with Crippen LogP contribution in [0.1, 0.15) is 18.9 Å². The van der Waals surface area contributed by atoms with E-state index < -0.39 is 0 Å². The number of methoxy groups -OCH3 is 1. The zero-order chi connectivity index (χ0) is 13.0. The first-order valence-corrected chi connectivity index (χ1v) is 6.69. The van der Waals surface area contributed by atoms with E-state index in [0.717, 1.165) is 42.6 Å². The van der Waals surface area contributed by atoms with E-state index in [2.05, 4.69) is 17.2 Å². The van der Waals surface area contributed by atoms with Gasteiger partial charge in [-0.25, -0.2) is 0 Å². The van der Waals surface area contributed by atoms with E-state index in [-0.39, 0.29) is 0 Å². The van der Waals surface area contributed by atoms with Gasteiger partial charge < -0.3 is 15.0 Å². The molecule has 98 valence electrons. The second-order valence-electron chi connectivity index (χ2n) is 4.32. The average Bonchev–Trinajstić information content (AvgIpc) is 2.79. The molecule has 0 spiro atoms. The first kappa shape index (κ1) is 13.2. The van der Waals surface area contributed by atoms with E-state index in [1.807, 2.05) is 18.3 Å². The number of aromatic amines is 1. The van der Waals surface area contributed by atoms with E-state index in [1.54, 1.807) is 7.11 Å². The number of rotatable bonds is 6. The highest BCUT2D eigenvalue weighted by Crippen LogP contribution is 2.34. The van der Waals surface area contributed by atoms with Gasteiger partial charge in [0.2, 0.25) is 0 Å². The van der Waals surface area contributed by atoms with Crippen molar-refractivity contribution in [1.29, 1.82) is 0 Å². The number of fused-ring (bicyclic) bond motifs is 1. The molecule has 1 aromatic heterocycles. The summed E-state index contributed by atoms with van der Waals surface area (Å²) in [7, 11) is 1.64. The quantitative estimate of drug-likeness (QED) is 0.787. The van der Waals surface area contributed by atoms with Crippen LogP contribution < -0.4 is 10.1 Å². The Morgan fingerprint density at radius 1 is 1.33 bits per heavy atom. The van der Waals surface area contributed by atoms with Gasteiger partial charge in [-0.1, -0.05) is 18.5 Å². The van der Waals surface area contributed by atoms with Crippen molar-refractivity contribution in [3.05, 3.63) is 28.9 Å². The molecule has 0 unspecified atom stereocenters. The summed E-state index contributed by atoms with van der Waals surface area (Å²) >= 11 is 6.36. The fourth-order valence-corrected chi connectivity index (χ4v) is 2.47. The number of nitrogens with one attached hydrogen (secondary N) is 2. The van der Waals surface area contributed by atoms with E-state index in [0.29, 0.717) is 5.02 Å². The van der Waals surface area contributed by atoms with Crippen LogP contribution in [0.5, 0.6) is 5.75 Å². The maximum Gasteiger partial charge on any atom is 0.138 e. The second kappa shape index (κ2) is 6.12. The van der Waals surface area contributed by atoms with Crippen LogP contribution in [-0.4, -0.2) is 25.2 Å². The molecule has 0 aliphatic rings. The van der Waals surface area contributed by atoms with Gasteiger partial charge in [0.15, 0.2) is 0 Å². The van der Waals surface area contributed by atoms with Gasteiger partial charge >= 0.3 is 0 Å². The second-order valence-corrected chi connectivity index (χ2v) is 4.70. The number of H-pyrrole nitrogens is 1. The van der Waals surface area contributed by atoms with Gasteiger partial charge in [0.25, 0.3) is 0 Å². The SMILES string of the molecule is CCCNCCc1c[nH]c2ccc(OC)c(Cl)c12. The van der Waals surface area contributed by atoms with Gasteiger partial charge in [-0.15, -0.1) is 0 Å². The van der Waals surface area contributed by atoms with Gasteiger partial charge in [0.05, 0.1) is 12.1 Å². The summed E-state index contributed by atoms with van der Waals surface area (Å²) in [6, 6.07) is 3.89. The summed E-state index contributed by atoms with van der Waals surface area (Å²) in [5, 5.41) is 5.17. The molecule has 3 nitrogen and oxygen atoms in total. The van der Waals surface area contributed by atoms with Crippen molar-refractivity contribution in [1.82, 2.24) is 10.3 Å².